The van der Waals surface area contributed by atoms with Crippen molar-refractivity contribution < 1.29 is 19.2 Å². The first-order chi connectivity index (χ1) is 16.7. The zero-order valence-electron chi connectivity index (χ0n) is 18.5. The van der Waals surface area contributed by atoms with Crippen LogP contribution in [0.25, 0.3) is 0 Å². The van der Waals surface area contributed by atoms with E-state index >= 15 is 0 Å². The number of halogens is 1. The molecule has 4 N–H and O–H groups in total. The second kappa shape index (κ2) is 9.43. The van der Waals surface area contributed by atoms with E-state index in [1.807, 2.05) is 0 Å². The average molecular weight is 498 g/mol. The minimum atomic E-state index is -0.844. The Bertz CT molecular complexity index is 1460. The zero-order valence-corrected chi connectivity index (χ0v) is 19.3. The molecule has 0 radical (unpaired) electrons. The highest BCUT2D eigenvalue weighted by Crippen LogP contribution is 2.37. The van der Waals surface area contributed by atoms with Crippen LogP contribution >= 0.6 is 11.6 Å². The molecule has 13 heteroatoms. The van der Waals surface area contributed by atoms with Crippen molar-refractivity contribution in [2.24, 2.45) is 12.8 Å². The van der Waals surface area contributed by atoms with E-state index < -0.39 is 40.8 Å². The van der Waals surface area contributed by atoms with Gasteiger partial charge in [0.2, 0.25) is 5.75 Å². The van der Waals surface area contributed by atoms with E-state index in [0.717, 1.165) is 4.57 Å². The fourth-order valence-electron chi connectivity index (χ4n) is 3.83. The van der Waals surface area contributed by atoms with Gasteiger partial charge in [0.25, 0.3) is 17.4 Å². The summed E-state index contributed by atoms with van der Waals surface area (Å²) in [6, 6.07) is 7.62. The lowest BCUT2D eigenvalue weighted by Gasteiger charge is -2.28. The number of carbonyl (C=O) groups excluding carboxylic acids is 2. The van der Waals surface area contributed by atoms with Gasteiger partial charge in [-0.25, -0.2) is 4.98 Å². The summed E-state index contributed by atoms with van der Waals surface area (Å²) in [7, 11) is 1.41. The molecule has 0 bridgehead atoms. The first kappa shape index (κ1) is 23.7. The number of amides is 2. The summed E-state index contributed by atoms with van der Waals surface area (Å²) in [5.41, 5.74) is 5.11. The summed E-state index contributed by atoms with van der Waals surface area (Å²) in [6.07, 6.45) is 3.84. The second-order valence-electron chi connectivity index (χ2n) is 7.68. The van der Waals surface area contributed by atoms with E-state index in [1.165, 1.54) is 36.5 Å². The van der Waals surface area contributed by atoms with E-state index in [-0.39, 0.29) is 17.2 Å². The van der Waals surface area contributed by atoms with Crippen LogP contribution in [-0.4, -0.2) is 41.4 Å². The molecule has 180 valence electrons. The third-order valence-corrected chi connectivity index (χ3v) is 5.84. The van der Waals surface area contributed by atoms with Crippen molar-refractivity contribution in [2.75, 3.05) is 5.32 Å². The Morgan fingerprint density at radius 1 is 1.26 bits per heavy atom. The summed E-state index contributed by atoms with van der Waals surface area (Å²) in [6.45, 7) is 1.72. The first-order valence-electron chi connectivity index (χ1n) is 10.3. The van der Waals surface area contributed by atoms with E-state index in [2.05, 4.69) is 25.1 Å². The smallest absolute Gasteiger partial charge is 0.296 e. The summed E-state index contributed by atoms with van der Waals surface area (Å²) in [4.78, 5) is 42.0. The van der Waals surface area contributed by atoms with E-state index in [9.17, 15) is 19.5 Å². The largest absolute Gasteiger partial charge is 0.501 e. The maximum atomic E-state index is 12.8. The number of benzene rings is 1. The van der Waals surface area contributed by atoms with Crippen molar-refractivity contribution in [1.82, 2.24) is 24.5 Å². The fourth-order valence-corrected chi connectivity index (χ4v) is 4.08. The summed E-state index contributed by atoms with van der Waals surface area (Å²) >= 11 is 6.49. The molecular weight excluding hydrogens is 478 g/mol. The summed E-state index contributed by atoms with van der Waals surface area (Å²) in [5, 5.41) is 21.0. The summed E-state index contributed by atoms with van der Waals surface area (Å²) in [5.74, 6) is -2.95. The maximum absolute atomic E-state index is 12.8. The van der Waals surface area contributed by atoms with Gasteiger partial charge < -0.3 is 20.7 Å². The molecule has 35 heavy (non-hydrogen) atoms. The van der Waals surface area contributed by atoms with Crippen molar-refractivity contribution in [2.45, 2.75) is 18.9 Å². The van der Waals surface area contributed by atoms with Crippen LogP contribution in [0.4, 0.5) is 5.69 Å². The molecule has 0 saturated carbocycles. The number of primary amides is 1. The fraction of sp³-hybridized carbons (Fsp3) is 0.182. The number of aromatic hydroxyl groups is 1. The van der Waals surface area contributed by atoms with Crippen LogP contribution in [0.15, 0.2) is 58.3 Å². The van der Waals surface area contributed by atoms with Gasteiger partial charge in [0.1, 0.15) is 23.5 Å². The molecule has 0 aliphatic carbocycles. The molecule has 1 aromatic carbocycles. The van der Waals surface area contributed by atoms with Gasteiger partial charge in [0.15, 0.2) is 5.69 Å². The first-order valence-corrected chi connectivity index (χ1v) is 10.7. The standard InChI is InChI=1S/C22H20ClN7O5/c1-11(17(13-5-3-4-6-14(13)23)30-15(19(24)32)7-8-25-30)20-28-16(18(31)22(34)29(20)2)21(33)27-12-9-26-35-10-12/h3-11,17,31H,1-2H3,(H2,24,32)(H,27,33). The SMILES string of the molecule is CC(c1nc(C(=O)Nc2cnoc2)c(O)c(=O)n1C)C(c1ccccc1Cl)n1nccc1C(N)=O. The van der Waals surface area contributed by atoms with Crippen LogP contribution in [0.2, 0.25) is 5.02 Å². The molecular formula is C22H20ClN7O5. The lowest BCUT2D eigenvalue weighted by molar-refractivity contribution is 0.0986. The predicted molar refractivity (Wildman–Crippen MR) is 124 cm³/mol. The number of anilines is 1. The Hall–Kier alpha value is -4.45. The average Bonchev–Trinajstić information content (AvgIpc) is 3.51. The monoisotopic (exact) mass is 497 g/mol. The molecule has 4 aromatic rings. The highest BCUT2D eigenvalue weighted by Gasteiger charge is 2.32. The van der Waals surface area contributed by atoms with Crippen molar-refractivity contribution in [3.05, 3.63) is 87.1 Å². The van der Waals surface area contributed by atoms with Gasteiger partial charge >= 0.3 is 0 Å². The molecule has 0 aliphatic heterocycles. The minimum absolute atomic E-state index is 0.107. The Kier molecular flexibility index (Phi) is 6.38. The number of nitrogens with two attached hydrogens (primary N) is 1. The minimum Gasteiger partial charge on any atom is -0.501 e. The quantitative estimate of drug-likeness (QED) is 0.348. The Morgan fingerprint density at radius 2 is 2.00 bits per heavy atom. The van der Waals surface area contributed by atoms with E-state index in [4.69, 9.17) is 17.3 Å². The summed E-state index contributed by atoms with van der Waals surface area (Å²) < 4.78 is 7.19. The molecule has 0 spiro atoms. The van der Waals surface area contributed by atoms with Crippen LogP contribution in [0.5, 0.6) is 5.75 Å². The topological polar surface area (TPSA) is 171 Å². The molecule has 0 saturated heterocycles. The third-order valence-electron chi connectivity index (χ3n) is 5.50. The van der Waals surface area contributed by atoms with Gasteiger partial charge in [-0.15, -0.1) is 0 Å². The number of hydrogen-bond donors (Lipinski definition) is 3. The van der Waals surface area contributed by atoms with Gasteiger partial charge in [-0.2, -0.15) is 5.10 Å². The Balaban J connectivity index is 1.88. The third kappa shape index (κ3) is 4.38. The molecule has 2 unspecified atom stereocenters. The lowest BCUT2D eigenvalue weighted by atomic mass is 9.93. The molecule has 2 atom stereocenters. The molecule has 3 heterocycles. The van der Waals surface area contributed by atoms with Crippen LogP contribution < -0.4 is 16.6 Å². The zero-order chi connectivity index (χ0) is 25.3. The Morgan fingerprint density at radius 3 is 2.66 bits per heavy atom. The number of rotatable bonds is 7. The molecule has 0 aliphatic rings. The van der Waals surface area contributed by atoms with E-state index in [1.54, 1.807) is 31.2 Å². The van der Waals surface area contributed by atoms with Crippen LogP contribution in [0.1, 0.15) is 51.2 Å². The maximum Gasteiger partial charge on any atom is 0.296 e. The number of nitrogens with one attached hydrogen (secondary N) is 1. The van der Waals surface area contributed by atoms with Crippen molar-refractivity contribution in [3.8, 4) is 5.75 Å². The van der Waals surface area contributed by atoms with Gasteiger partial charge in [0.05, 0.1) is 12.2 Å². The van der Waals surface area contributed by atoms with Crippen molar-refractivity contribution in [1.29, 1.82) is 0 Å². The molecule has 2 amide bonds. The number of aromatic nitrogens is 5. The predicted octanol–water partition coefficient (Wildman–Crippen LogP) is 2.07. The number of carbonyl (C=O) groups is 2. The molecule has 3 aromatic heterocycles. The van der Waals surface area contributed by atoms with Gasteiger partial charge in [-0.3, -0.25) is 23.6 Å². The van der Waals surface area contributed by atoms with Crippen LogP contribution in [0.3, 0.4) is 0 Å². The van der Waals surface area contributed by atoms with Crippen molar-refractivity contribution >= 4 is 29.1 Å². The molecule has 4 rings (SSSR count). The van der Waals surface area contributed by atoms with Crippen molar-refractivity contribution in [3.63, 3.8) is 0 Å². The van der Waals surface area contributed by atoms with Gasteiger partial charge in [0, 0.05) is 24.2 Å². The van der Waals surface area contributed by atoms with E-state index in [0.29, 0.717) is 10.6 Å². The second-order valence-corrected chi connectivity index (χ2v) is 8.09. The number of nitrogens with zero attached hydrogens (tertiary/aromatic N) is 5. The Labute approximate surface area is 202 Å². The number of hydrogen-bond acceptors (Lipinski definition) is 8. The lowest BCUT2D eigenvalue weighted by Crippen LogP contribution is -2.32. The highest BCUT2D eigenvalue weighted by molar-refractivity contribution is 6.31. The highest BCUT2D eigenvalue weighted by atomic mass is 35.5. The molecule has 0 fully saturated rings. The normalized spacial score (nSPS) is 12.8. The van der Waals surface area contributed by atoms with Crippen LogP contribution in [0, 0.1) is 0 Å². The molecule has 12 nitrogen and oxygen atoms in total. The van der Waals surface area contributed by atoms with Gasteiger partial charge in [-0.05, 0) is 17.7 Å². The van der Waals surface area contributed by atoms with Crippen LogP contribution in [-0.2, 0) is 7.05 Å². The van der Waals surface area contributed by atoms with Gasteiger partial charge in [-0.1, -0.05) is 41.9 Å².